The van der Waals surface area contributed by atoms with Gasteiger partial charge in [-0.05, 0) is 49.3 Å². The van der Waals surface area contributed by atoms with E-state index < -0.39 is 0 Å². The molecule has 0 atom stereocenters. The second-order valence-electron chi connectivity index (χ2n) is 5.29. The van der Waals surface area contributed by atoms with Crippen LogP contribution in [0.1, 0.15) is 38.2 Å². The summed E-state index contributed by atoms with van der Waals surface area (Å²) in [5.74, 6) is 1.82. The average Bonchev–Trinajstić information content (AvgIpc) is 2.34. The third-order valence-electron chi connectivity index (χ3n) is 3.57. The van der Waals surface area contributed by atoms with Crippen molar-refractivity contribution in [3.8, 4) is 5.75 Å². The predicted molar refractivity (Wildman–Crippen MR) is 79.0 cm³/mol. The molecule has 1 aliphatic rings. The van der Waals surface area contributed by atoms with Crippen LogP contribution in [0, 0.1) is 5.92 Å². The van der Waals surface area contributed by atoms with Crippen LogP contribution in [0.5, 0.6) is 5.75 Å². The van der Waals surface area contributed by atoms with E-state index in [0.717, 1.165) is 17.2 Å². The van der Waals surface area contributed by atoms with E-state index in [2.05, 4.69) is 6.92 Å². The van der Waals surface area contributed by atoms with Gasteiger partial charge >= 0.3 is 0 Å². The highest BCUT2D eigenvalue weighted by Gasteiger charge is 2.19. The SMILES string of the molecule is CC1CCC(Oc2ccc(CC(N)=S)cc2)CC1. The van der Waals surface area contributed by atoms with Crippen LogP contribution in [0.25, 0.3) is 0 Å². The van der Waals surface area contributed by atoms with Crippen molar-refractivity contribution in [3.63, 3.8) is 0 Å². The van der Waals surface area contributed by atoms with Crippen molar-refractivity contribution in [1.29, 1.82) is 0 Å². The molecule has 2 rings (SSSR count). The van der Waals surface area contributed by atoms with Crippen molar-refractivity contribution < 1.29 is 4.74 Å². The summed E-state index contributed by atoms with van der Waals surface area (Å²) in [6.45, 7) is 2.32. The Morgan fingerprint density at radius 1 is 1.22 bits per heavy atom. The summed E-state index contributed by atoms with van der Waals surface area (Å²) in [4.78, 5) is 0.532. The van der Waals surface area contributed by atoms with Crippen LogP contribution in [0.4, 0.5) is 0 Å². The fraction of sp³-hybridized carbons (Fsp3) is 0.533. The Hall–Kier alpha value is -1.09. The standard InChI is InChI=1S/C15H21NOS/c1-11-2-6-13(7-3-11)17-14-8-4-12(5-9-14)10-15(16)18/h4-5,8-9,11,13H,2-3,6-7,10H2,1H3,(H2,16,18). The van der Waals surface area contributed by atoms with E-state index in [9.17, 15) is 0 Å². The largest absolute Gasteiger partial charge is 0.490 e. The molecule has 0 radical (unpaired) electrons. The van der Waals surface area contributed by atoms with Gasteiger partial charge in [-0.3, -0.25) is 0 Å². The molecule has 1 aliphatic carbocycles. The minimum atomic E-state index is 0.391. The molecule has 0 saturated heterocycles. The average molecular weight is 263 g/mol. The zero-order valence-electron chi connectivity index (χ0n) is 10.9. The Morgan fingerprint density at radius 2 is 1.83 bits per heavy atom. The molecule has 0 aliphatic heterocycles. The van der Waals surface area contributed by atoms with Crippen molar-refractivity contribution in [2.75, 3.05) is 0 Å². The number of nitrogens with two attached hydrogens (primary N) is 1. The molecule has 1 aromatic rings. The lowest BCUT2D eigenvalue weighted by Crippen LogP contribution is -2.23. The summed E-state index contributed by atoms with van der Waals surface area (Å²) < 4.78 is 6.00. The van der Waals surface area contributed by atoms with Crippen molar-refractivity contribution in [2.24, 2.45) is 11.7 Å². The maximum atomic E-state index is 6.00. The van der Waals surface area contributed by atoms with Crippen LogP contribution in [-0.4, -0.2) is 11.1 Å². The van der Waals surface area contributed by atoms with Crippen LogP contribution in [-0.2, 0) is 6.42 Å². The summed E-state index contributed by atoms with van der Waals surface area (Å²) in [6.07, 6.45) is 5.97. The highest BCUT2D eigenvalue weighted by molar-refractivity contribution is 7.80. The van der Waals surface area contributed by atoms with Crippen LogP contribution in [0.2, 0.25) is 0 Å². The van der Waals surface area contributed by atoms with Gasteiger partial charge in [-0.1, -0.05) is 31.3 Å². The van der Waals surface area contributed by atoms with Crippen molar-refractivity contribution in [1.82, 2.24) is 0 Å². The zero-order valence-corrected chi connectivity index (χ0v) is 11.7. The maximum Gasteiger partial charge on any atom is 0.119 e. The molecular formula is C15H21NOS. The molecule has 18 heavy (non-hydrogen) atoms. The molecule has 0 spiro atoms. The summed E-state index contributed by atoms with van der Waals surface area (Å²) in [5, 5.41) is 0. The van der Waals surface area contributed by atoms with Crippen molar-refractivity contribution in [2.45, 2.75) is 45.1 Å². The van der Waals surface area contributed by atoms with Crippen molar-refractivity contribution in [3.05, 3.63) is 29.8 Å². The van der Waals surface area contributed by atoms with Gasteiger partial charge in [0.15, 0.2) is 0 Å². The normalized spacial score (nSPS) is 23.6. The molecule has 0 unspecified atom stereocenters. The molecule has 0 amide bonds. The molecule has 1 saturated carbocycles. The van der Waals surface area contributed by atoms with Gasteiger partial charge in [-0.25, -0.2) is 0 Å². The number of benzene rings is 1. The second-order valence-corrected chi connectivity index (χ2v) is 5.81. The summed E-state index contributed by atoms with van der Waals surface area (Å²) >= 11 is 4.90. The van der Waals surface area contributed by atoms with Gasteiger partial charge in [0, 0.05) is 6.42 Å². The van der Waals surface area contributed by atoms with E-state index >= 15 is 0 Å². The third-order valence-corrected chi connectivity index (χ3v) is 3.71. The van der Waals surface area contributed by atoms with Gasteiger partial charge in [-0.2, -0.15) is 0 Å². The van der Waals surface area contributed by atoms with E-state index in [1.54, 1.807) is 0 Å². The Kier molecular flexibility index (Phi) is 4.59. The Bertz CT molecular complexity index is 393. The highest BCUT2D eigenvalue weighted by Crippen LogP contribution is 2.27. The van der Waals surface area contributed by atoms with Gasteiger partial charge in [0.1, 0.15) is 5.75 Å². The van der Waals surface area contributed by atoms with Crippen molar-refractivity contribution >= 4 is 17.2 Å². The Balaban J connectivity index is 1.88. The molecule has 3 heteroatoms. The van der Waals surface area contributed by atoms with E-state index in [1.807, 2.05) is 24.3 Å². The molecule has 2 N–H and O–H groups in total. The molecule has 2 nitrogen and oxygen atoms in total. The van der Waals surface area contributed by atoms with E-state index in [4.69, 9.17) is 22.7 Å². The summed E-state index contributed by atoms with van der Waals surface area (Å²) in [5.41, 5.74) is 6.67. The Morgan fingerprint density at radius 3 is 2.39 bits per heavy atom. The van der Waals surface area contributed by atoms with Crippen LogP contribution >= 0.6 is 12.2 Å². The molecular weight excluding hydrogens is 242 g/mol. The lowest BCUT2D eigenvalue weighted by Gasteiger charge is -2.26. The third kappa shape index (κ3) is 3.98. The molecule has 1 aromatic carbocycles. The predicted octanol–water partition coefficient (Wildman–Crippen LogP) is 3.47. The second kappa shape index (κ2) is 6.19. The molecule has 1 fully saturated rings. The number of thiocarbonyl (C=S) groups is 1. The summed E-state index contributed by atoms with van der Waals surface area (Å²) in [6, 6.07) is 8.12. The quantitative estimate of drug-likeness (QED) is 0.845. The van der Waals surface area contributed by atoms with Gasteiger partial charge in [0.25, 0.3) is 0 Å². The van der Waals surface area contributed by atoms with Gasteiger partial charge in [0.05, 0.1) is 11.1 Å². The van der Waals surface area contributed by atoms with Crippen LogP contribution in [0.3, 0.4) is 0 Å². The fourth-order valence-electron chi connectivity index (χ4n) is 2.43. The van der Waals surface area contributed by atoms with E-state index in [-0.39, 0.29) is 0 Å². The molecule has 0 bridgehead atoms. The van der Waals surface area contributed by atoms with E-state index in [1.165, 1.54) is 25.7 Å². The number of ether oxygens (including phenoxy) is 1. The topological polar surface area (TPSA) is 35.2 Å². The maximum absolute atomic E-state index is 6.00. The number of rotatable bonds is 4. The van der Waals surface area contributed by atoms with Gasteiger partial charge < -0.3 is 10.5 Å². The summed E-state index contributed by atoms with van der Waals surface area (Å²) in [7, 11) is 0. The number of hydrogen-bond acceptors (Lipinski definition) is 2. The molecule has 0 aromatic heterocycles. The van der Waals surface area contributed by atoms with Gasteiger partial charge in [0.2, 0.25) is 0 Å². The lowest BCUT2D eigenvalue weighted by atomic mass is 9.89. The first-order valence-corrected chi connectivity index (χ1v) is 7.08. The zero-order chi connectivity index (χ0) is 13.0. The van der Waals surface area contributed by atoms with Gasteiger partial charge in [-0.15, -0.1) is 0 Å². The molecule has 98 valence electrons. The number of hydrogen-bond donors (Lipinski definition) is 1. The highest BCUT2D eigenvalue weighted by atomic mass is 32.1. The monoisotopic (exact) mass is 263 g/mol. The lowest BCUT2D eigenvalue weighted by molar-refractivity contribution is 0.135. The van der Waals surface area contributed by atoms with E-state index in [0.29, 0.717) is 17.5 Å². The first-order chi connectivity index (χ1) is 8.63. The Labute approximate surface area is 115 Å². The smallest absolute Gasteiger partial charge is 0.119 e. The minimum Gasteiger partial charge on any atom is -0.490 e. The molecule has 0 heterocycles. The van der Waals surface area contributed by atoms with Crippen LogP contribution < -0.4 is 10.5 Å². The minimum absolute atomic E-state index is 0.391. The first-order valence-electron chi connectivity index (χ1n) is 6.67. The van der Waals surface area contributed by atoms with Crippen LogP contribution in [0.15, 0.2) is 24.3 Å². The fourth-order valence-corrected chi connectivity index (χ4v) is 2.59. The first kappa shape index (κ1) is 13.3.